The summed E-state index contributed by atoms with van der Waals surface area (Å²) in [5, 5.41) is 0.0874. The van der Waals surface area contributed by atoms with E-state index in [0.717, 1.165) is 25.7 Å². The lowest BCUT2D eigenvalue weighted by Gasteiger charge is -2.49. The lowest BCUT2D eigenvalue weighted by molar-refractivity contribution is -0.156. The molecule has 1 spiro atoms. The van der Waals surface area contributed by atoms with Crippen molar-refractivity contribution in [2.24, 2.45) is 5.41 Å². The number of hydrogen-bond acceptors (Lipinski definition) is 2. The zero-order chi connectivity index (χ0) is 13.5. The van der Waals surface area contributed by atoms with Crippen molar-refractivity contribution in [3.63, 3.8) is 0 Å². The normalized spacial score (nSPS) is 25.2. The summed E-state index contributed by atoms with van der Waals surface area (Å²) < 4.78 is 19.2. The van der Waals surface area contributed by atoms with E-state index < -0.39 is 5.82 Å². The van der Waals surface area contributed by atoms with Crippen LogP contribution >= 0.6 is 11.6 Å². The zero-order valence-electron chi connectivity index (χ0n) is 10.6. The summed E-state index contributed by atoms with van der Waals surface area (Å²) >= 11 is 5.65. The molecule has 2 saturated carbocycles. The molecule has 19 heavy (non-hydrogen) atoms. The molecule has 2 aliphatic carbocycles. The predicted octanol–water partition coefficient (Wildman–Crippen LogP) is 4.15. The Labute approximate surface area is 116 Å². The van der Waals surface area contributed by atoms with Crippen LogP contribution in [0.15, 0.2) is 18.2 Å². The lowest BCUT2D eigenvalue weighted by atomic mass is 9.57. The fourth-order valence-electron chi connectivity index (χ4n) is 3.27. The van der Waals surface area contributed by atoms with Crippen molar-refractivity contribution in [1.82, 2.24) is 0 Å². The van der Waals surface area contributed by atoms with Crippen LogP contribution in [-0.2, 0) is 4.79 Å². The van der Waals surface area contributed by atoms with Crippen LogP contribution in [0.2, 0.25) is 5.02 Å². The Bertz CT molecular complexity index is 509. The molecular formula is C15H16ClFO2. The molecule has 0 aromatic heterocycles. The van der Waals surface area contributed by atoms with Crippen LogP contribution < -0.4 is 4.74 Å². The van der Waals surface area contributed by atoms with Gasteiger partial charge in [0.1, 0.15) is 23.5 Å². The Hall–Kier alpha value is -1.09. The number of Topliss-reactive ketones (excluding diaryl/α,β-unsaturated/α-hetero) is 1. The smallest absolute Gasteiger partial charge is 0.146 e. The third kappa shape index (κ3) is 2.14. The van der Waals surface area contributed by atoms with Gasteiger partial charge in [0, 0.05) is 12.5 Å². The van der Waals surface area contributed by atoms with Crippen LogP contribution in [0.4, 0.5) is 4.39 Å². The van der Waals surface area contributed by atoms with Crippen LogP contribution in [-0.4, -0.2) is 11.9 Å². The first-order valence-corrected chi connectivity index (χ1v) is 7.15. The molecule has 0 amide bonds. The molecule has 0 aliphatic heterocycles. The minimum Gasteiger partial charge on any atom is -0.489 e. The SMILES string of the molecule is O=C1CC(Oc2ccc(Cl)c(F)c2)C12CCCCC2. The molecule has 0 N–H and O–H groups in total. The molecule has 2 aliphatic rings. The molecule has 1 unspecified atom stereocenters. The summed E-state index contributed by atoms with van der Waals surface area (Å²) in [6.07, 6.45) is 5.53. The highest BCUT2D eigenvalue weighted by Crippen LogP contribution is 2.50. The molecule has 2 nitrogen and oxygen atoms in total. The molecule has 1 atom stereocenters. The second-order valence-electron chi connectivity index (χ2n) is 5.53. The Kier molecular flexibility index (Phi) is 3.25. The molecule has 0 radical (unpaired) electrons. The number of carbonyl (C=O) groups is 1. The molecule has 0 bridgehead atoms. The van der Waals surface area contributed by atoms with E-state index >= 15 is 0 Å². The summed E-state index contributed by atoms with van der Waals surface area (Å²) in [7, 11) is 0. The van der Waals surface area contributed by atoms with Gasteiger partial charge in [0.2, 0.25) is 0 Å². The average molecular weight is 283 g/mol. The average Bonchev–Trinajstić information content (AvgIpc) is 2.43. The predicted molar refractivity (Wildman–Crippen MR) is 71.0 cm³/mol. The van der Waals surface area contributed by atoms with Gasteiger partial charge in [0.05, 0.1) is 10.4 Å². The number of halogens is 2. The van der Waals surface area contributed by atoms with Crippen LogP contribution in [0.25, 0.3) is 0 Å². The highest BCUT2D eigenvalue weighted by atomic mass is 35.5. The summed E-state index contributed by atoms with van der Waals surface area (Å²) in [6.45, 7) is 0. The van der Waals surface area contributed by atoms with E-state index in [9.17, 15) is 9.18 Å². The van der Waals surface area contributed by atoms with E-state index in [1.807, 2.05) is 0 Å². The van der Waals surface area contributed by atoms with Crippen molar-refractivity contribution >= 4 is 17.4 Å². The largest absolute Gasteiger partial charge is 0.489 e. The van der Waals surface area contributed by atoms with Gasteiger partial charge >= 0.3 is 0 Å². The fraction of sp³-hybridized carbons (Fsp3) is 0.533. The van der Waals surface area contributed by atoms with Crippen LogP contribution in [0.3, 0.4) is 0 Å². The lowest BCUT2D eigenvalue weighted by Crippen LogP contribution is -2.57. The quantitative estimate of drug-likeness (QED) is 0.814. The first-order chi connectivity index (χ1) is 9.12. The summed E-state index contributed by atoms with van der Waals surface area (Å²) in [6, 6.07) is 4.44. The molecular weight excluding hydrogens is 267 g/mol. The molecule has 1 aromatic rings. The van der Waals surface area contributed by atoms with E-state index in [2.05, 4.69) is 0 Å². The Morgan fingerprint density at radius 2 is 2.00 bits per heavy atom. The molecule has 0 heterocycles. The second-order valence-corrected chi connectivity index (χ2v) is 5.93. The summed E-state index contributed by atoms with van der Waals surface area (Å²) in [5.74, 6) is 0.290. The van der Waals surface area contributed by atoms with Gasteiger partial charge in [-0.15, -0.1) is 0 Å². The van der Waals surface area contributed by atoms with E-state index in [1.54, 1.807) is 6.07 Å². The standard InChI is InChI=1S/C15H16ClFO2/c16-11-5-4-10(8-12(11)17)19-14-9-13(18)15(14)6-2-1-3-7-15/h4-5,8,14H,1-3,6-7,9H2. The van der Waals surface area contributed by atoms with E-state index in [0.29, 0.717) is 18.0 Å². The number of carbonyl (C=O) groups excluding carboxylic acids is 1. The Morgan fingerprint density at radius 3 is 2.63 bits per heavy atom. The monoisotopic (exact) mass is 282 g/mol. The van der Waals surface area contributed by atoms with Crippen molar-refractivity contribution < 1.29 is 13.9 Å². The van der Waals surface area contributed by atoms with Crippen LogP contribution in [0.1, 0.15) is 38.5 Å². The van der Waals surface area contributed by atoms with Gasteiger partial charge in [-0.05, 0) is 25.0 Å². The second kappa shape index (κ2) is 4.78. The van der Waals surface area contributed by atoms with E-state index in [4.69, 9.17) is 16.3 Å². The van der Waals surface area contributed by atoms with E-state index in [1.165, 1.54) is 18.6 Å². The molecule has 0 saturated heterocycles. The van der Waals surface area contributed by atoms with Crippen LogP contribution in [0.5, 0.6) is 5.75 Å². The third-order valence-corrected chi connectivity index (χ3v) is 4.76. The van der Waals surface area contributed by atoms with Gasteiger partial charge < -0.3 is 4.74 Å². The van der Waals surface area contributed by atoms with Gasteiger partial charge in [0.25, 0.3) is 0 Å². The number of ketones is 1. The zero-order valence-corrected chi connectivity index (χ0v) is 11.4. The van der Waals surface area contributed by atoms with Crippen molar-refractivity contribution in [3.05, 3.63) is 29.0 Å². The maximum absolute atomic E-state index is 13.4. The van der Waals surface area contributed by atoms with Crippen molar-refractivity contribution in [2.75, 3.05) is 0 Å². The first kappa shape index (κ1) is 12.9. The summed E-state index contributed by atoms with van der Waals surface area (Å²) in [5.41, 5.74) is -0.297. The minimum absolute atomic E-state index is 0.0874. The van der Waals surface area contributed by atoms with Gasteiger partial charge in [-0.2, -0.15) is 0 Å². The first-order valence-electron chi connectivity index (χ1n) is 6.77. The van der Waals surface area contributed by atoms with Crippen LogP contribution in [0, 0.1) is 11.2 Å². The maximum Gasteiger partial charge on any atom is 0.146 e. The maximum atomic E-state index is 13.4. The van der Waals surface area contributed by atoms with Crippen molar-refractivity contribution in [3.8, 4) is 5.75 Å². The number of hydrogen-bond donors (Lipinski definition) is 0. The Balaban J connectivity index is 1.76. The summed E-state index contributed by atoms with van der Waals surface area (Å²) in [4.78, 5) is 12.0. The van der Waals surface area contributed by atoms with Gasteiger partial charge in [-0.3, -0.25) is 4.79 Å². The highest BCUT2D eigenvalue weighted by Gasteiger charge is 2.56. The third-order valence-electron chi connectivity index (χ3n) is 4.46. The molecule has 3 rings (SSSR count). The highest BCUT2D eigenvalue weighted by molar-refractivity contribution is 6.30. The number of rotatable bonds is 2. The number of ether oxygens (including phenoxy) is 1. The Morgan fingerprint density at radius 1 is 1.26 bits per heavy atom. The van der Waals surface area contributed by atoms with E-state index in [-0.39, 0.29) is 16.5 Å². The van der Waals surface area contributed by atoms with Crippen molar-refractivity contribution in [2.45, 2.75) is 44.6 Å². The number of benzene rings is 1. The fourth-order valence-corrected chi connectivity index (χ4v) is 3.39. The topological polar surface area (TPSA) is 26.3 Å². The van der Waals surface area contributed by atoms with Gasteiger partial charge in [0.15, 0.2) is 0 Å². The van der Waals surface area contributed by atoms with Gasteiger partial charge in [-0.25, -0.2) is 4.39 Å². The molecule has 4 heteroatoms. The molecule has 2 fully saturated rings. The van der Waals surface area contributed by atoms with Crippen molar-refractivity contribution in [1.29, 1.82) is 0 Å². The van der Waals surface area contributed by atoms with Gasteiger partial charge in [-0.1, -0.05) is 30.9 Å². The minimum atomic E-state index is -0.484. The molecule has 102 valence electrons. The molecule has 1 aromatic carbocycles.